The summed E-state index contributed by atoms with van der Waals surface area (Å²) in [7, 11) is 0. The molecule has 2 aromatic rings. The van der Waals surface area contributed by atoms with E-state index in [1.165, 1.54) is 4.90 Å². The fourth-order valence-electron chi connectivity index (χ4n) is 3.65. The van der Waals surface area contributed by atoms with E-state index >= 15 is 0 Å². The summed E-state index contributed by atoms with van der Waals surface area (Å²) in [5, 5.41) is 4.05. The van der Waals surface area contributed by atoms with Crippen LogP contribution in [-0.4, -0.2) is 48.0 Å². The SMILES string of the molecule is C=CCN1C(=O)/C(=N\OCCCCN2C(=O)c3ccccc3C2=O)c2ccccc21. The maximum atomic E-state index is 12.6. The van der Waals surface area contributed by atoms with Gasteiger partial charge >= 0.3 is 0 Å². The topological polar surface area (TPSA) is 79.3 Å². The lowest BCUT2D eigenvalue weighted by atomic mass is 10.1. The number of nitrogens with zero attached hydrogens (tertiary/aromatic N) is 3. The van der Waals surface area contributed by atoms with Gasteiger partial charge in [-0.05, 0) is 31.0 Å². The van der Waals surface area contributed by atoms with Gasteiger partial charge in [0.1, 0.15) is 6.61 Å². The molecular formula is C23H21N3O4. The molecule has 0 aliphatic carbocycles. The number of unbranched alkanes of at least 4 members (excludes halogenated alkanes) is 1. The molecule has 2 aliphatic heterocycles. The summed E-state index contributed by atoms with van der Waals surface area (Å²) in [4.78, 5) is 45.5. The lowest BCUT2D eigenvalue weighted by molar-refractivity contribution is -0.112. The minimum Gasteiger partial charge on any atom is -0.395 e. The quantitative estimate of drug-likeness (QED) is 0.294. The van der Waals surface area contributed by atoms with Gasteiger partial charge in [-0.1, -0.05) is 41.6 Å². The van der Waals surface area contributed by atoms with Gasteiger partial charge in [-0.25, -0.2) is 0 Å². The molecule has 7 heteroatoms. The van der Waals surface area contributed by atoms with E-state index < -0.39 is 0 Å². The molecule has 4 rings (SSSR count). The van der Waals surface area contributed by atoms with Gasteiger partial charge in [0.05, 0.1) is 16.8 Å². The molecule has 2 aliphatic rings. The van der Waals surface area contributed by atoms with Gasteiger partial charge in [0.2, 0.25) is 0 Å². The zero-order valence-corrected chi connectivity index (χ0v) is 16.4. The lowest BCUT2D eigenvalue weighted by Crippen LogP contribution is -2.31. The summed E-state index contributed by atoms with van der Waals surface area (Å²) in [5.41, 5.74) is 2.69. The summed E-state index contributed by atoms with van der Waals surface area (Å²) < 4.78 is 0. The van der Waals surface area contributed by atoms with E-state index in [0.29, 0.717) is 37.1 Å². The summed E-state index contributed by atoms with van der Waals surface area (Å²) >= 11 is 0. The van der Waals surface area contributed by atoms with Crippen molar-refractivity contribution in [3.8, 4) is 0 Å². The van der Waals surface area contributed by atoms with Crippen LogP contribution in [0, 0.1) is 0 Å². The van der Waals surface area contributed by atoms with Gasteiger partial charge in [0.25, 0.3) is 17.7 Å². The van der Waals surface area contributed by atoms with Gasteiger partial charge in [-0.15, -0.1) is 6.58 Å². The molecule has 0 atom stereocenters. The number of oxime groups is 1. The van der Waals surface area contributed by atoms with Crippen LogP contribution >= 0.6 is 0 Å². The van der Waals surface area contributed by atoms with Gasteiger partial charge in [0.15, 0.2) is 5.71 Å². The number of carbonyl (C=O) groups is 3. The number of imide groups is 1. The van der Waals surface area contributed by atoms with E-state index in [1.807, 2.05) is 24.3 Å². The molecule has 0 N–H and O–H groups in total. The standard InChI is InChI=1S/C23H21N3O4/c1-2-13-25-19-12-6-5-11-18(19)20(23(25)29)24-30-15-8-7-14-26-21(27)16-9-3-4-10-17(16)22(26)28/h2-6,9-12H,1,7-8,13-15H2/b24-20-. The van der Waals surface area contributed by atoms with Crippen molar-refractivity contribution in [3.05, 3.63) is 77.9 Å². The Hall–Kier alpha value is -3.74. The average molecular weight is 403 g/mol. The molecule has 0 unspecified atom stereocenters. The number of benzene rings is 2. The van der Waals surface area contributed by atoms with Crippen molar-refractivity contribution in [2.24, 2.45) is 5.16 Å². The van der Waals surface area contributed by atoms with Crippen LogP contribution in [0.2, 0.25) is 0 Å². The predicted octanol–water partition coefficient (Wildman–Crippen LogP) is 3.02. The minimum absolute atomic E-state index is 0.220. The Morgan fingerprint density at radius 2 is 1.47 bits per heavy atom. The van der Waals surface area contributed by atoms with Crippen molar-refractivity contribution in [2.45, 2.75) is 12.8 Å². The molecule has 152 valence electrons. The molecule has 3 amide bonds. The number of rotatable bonds is 8. The number of fused-ring (bicyclic) bond motifs is 2. The first kappa shape index (κ1) is 19.6. The highest BCUT2D eigenvalue weighted by Gasteiger charge is 2.35. The summed E-state index contributed by atoms with van der Waals surface area (Å²) in [6.07, 6.45) is 2.84. The van der Waals surface area contributed by atoms with Crippen molar-refractivity contribution in [1.82, 2.24) is 4.90 Å². The Morgan fingerprint density at radius 3 is 2.13 bits per heavy atom. The Morgan fingerprint density at radius 1 is 0.833 bits per heavy atom. The third-order valence-electron chi connectivity index (χ3n) is 5.11. The van der Waals surface area contributed by atoms with E-state index in [-0.39, 0.29) is 30.0 Å². The fourth-order valence-corrected chi connectivity index (χ4v) is 3.65. The number of amides is 3. The van der Waals surface area contributed by atoms with E-state index in [4.69, 9.17) is 4.84 Å². The molecule has 30 heavy (non-hydrogen) atoms. The number of hydrogen-bond donors (Lipinski definition) is 0. The van der Waals surface area contributed by atoms with Crippen LogP contribution in [-0.2, 0) is 9.63 Å². The molecule has 7 nitrogen and oxygen atoms in total. The van der Waals surface area contributed by atoms with E-state index in [1.54, 1.807) is 35.2 Å². The molecule has 0 aromatic heterocycles. The monoisotopic (exact) mass is 403 g/mol. The zero-order chi connectivity index (χ0) is 21.1. The Bertz CT molecular complexity index is 1020. The molecular weight excluding hydrogens is 382 g/mol. The first-order chi connectivity index (χ1) is 14.6. The minimum atomic E-state index is -0.257. The van der Waals surface area contributed by atoms with Gasteiger partial charge in [-0.3, -0.25) is 19.3 Å². The Labute approximate surface area is 174 Å². The summed E-state index contributed by atoms with van der Waals surface area (Å²) in [6.45, 7) is 4.69. The Balaban J connectivity index is 1.30. The largest absolute Gasteiger partial charge is 0.395 e. The highest BCUT2D eigenvalue weighted by atomic mass is 16.6. The summed E-state index contributed by atoms with van der Waals surface area (Å²) in [6, 6.07) is 14.2. The number of carbonyl (C=O) groups excluding carboxylic acids is 3. The highest BCUT2D eigenvalue weighted by molar-refractivity contribution is 6.54. The van der Waals surface area contributed by atoms with Crippen molar-refractivity contribution in [1.29, 1.82) is 0 Å². The molecule has 0 bridgehead atoms. The predicted molar refractivity (Wildman–Crippen MR) is 113 cm³/mol. The fraction of sp³-hybridized carbons (Fsp3) is 0.217. The molecule has 0 saturated carbocycles. The second-order valence-electron chi connectivity index (χ2n) is 7.01. The lowest BCUT2D eigenvalue weighted by Gasteiger charge is -2.13. The zero-order valence-electron chi connectivity index (χ0n) is 16.4. The van der Waals surface area contributed by atoms with Crippen LogP contribution in [0.1, 0.15) is 39.1 Å². The molecule has 0 fully saturated rings. The smallest absolute Gasteiger partial charge is 0.281 e. The Kier molecular flexibility index (Phi) is 5.43. The van der Waals surface area contributed by atoms with Gasteiger partial charge in [-0.2, -0.15) is 0 Å². The molecule has 0 spiro atoms. The molecule has 2 heterocycles. The maximum absolute atomic E-state index is 12.6. The number of anilines is 1. The number of para-hydroxylation sites is 1. The van der Waals surface area contributed by atoms with Crippen molar-refractivity contribution in [2.75, 3.05) is 24.6 Å². The first-order valence-electron chi connectivity index (χ1n) is 9.81. The second kappa shape index (κ2) is 8.32. The van der Waals surface area contributed by atoms with Crippen molar-refractivity contribution in [3.63, 3.8) is 0 Å². The van der Waals surface area contributed by atoms with Crippen LogP contribution in [0.25, 0.3) is 0 Å². The third kappa shape index (κ3) is 3.39. The molecule has 0 saturated heterocycles. The van der Waals surface area contributed by atoms with Gasteiger partial charge < -0.3 is 9.74 Å². The maximum Gasteiger partial charge on any atom is 0.281 e. The van der Waals surface area contributed by atoms with E-state index in [0.717, 1.165) is 11.3 Å². The number of hydrogen-bond acceptors (Lipinski definition) is 5. The normalized spacial score (nSPS) is 16.3. The van der Waals surface area contributed by atoms with E-state index in [9.17, 15) is 14.4 Å². The first-order valence-corrected chi connectivity index (χ1v) is 9.81. The van der Waals surface area contributed by atoms with Crippen molar-refractivity contribution >= 4 is 29.1 Å². The molecule has 2 aromatic carbocycles. The van der Waals surface area contributed by atoms with E-state index in [2.05, 4.69) is 11.7 Å². The van der Waals surface area contributed by atoms with Crippen LogP contribution in [0.3, 0.4) is 0 Å². The third-order valence-corrected chi connectivity index (χ3v) is 5.11. The highest BCUT2D eigenvalue weighted by Crippen LogP contribution is 2.29. The van der Waals surface area contributed by atoms with Crippen LogP contribution in [0.5, 0.6) is 0 Å². The van der Waals surface area contributed by atoms with Gasteiger partial charge in [0, 0.05) is 18.7 Å². The van der Waals surface area contributed by atoms with Crippen LogP contribution in [0.15, 0.2) is 66.3 Å². The van der Waals surface area contributed by atoms with Crippen molar-refractivity contribution < 1.29 is 19.2 Å². The summed E-state index contributed by atoms with van der Waals surface area (Å²) in [5.74, 6) is -0.735. The van der Waals surface area contributed by atoms with Crippen LogP contribution in [0.4, 0.5) is 5.69 Å². The average Bonchev–Trinajstić information content (AvgIpc) is 3.17. The second-order valence-corrected chi connectivity index (χ2v) is 7.01. The molecule has 0 radical (unpaired) electrons. The van der Waals surface area contributed by atoms with Crippen LogP contribution < -0.4 is 4.90 Å².